The van der Waals surface area contributed by atoms with Crippen LogP contribution in [-0.2, 0) is 0 Å². The molecule has 0 aliphatic heterocycles. The van der Waals surface area contributed by atoms with Crippen LogP contribution >= 0.6 is 0 Å². The van der Waals surface area contributed by atoms with Crippen molar-refractivity contribution in [1.82, 2.24) is 0 Å². The van der Waals surface area contributed by atoms with E-state index in [1.807, 2.05) is 0 Å². The molecule has 1 rings (SSSR count). The molecule has 0 spiro atoms. The van der Waals surface area contributed by atoms with Gasteiger partial charge in [0.25, 0.3) is 0 Å². The van der Waals surface area contributed by atoms with E-state index >= 15 is 0 Å². The number of alkyl halides is 2. The molecule has 0 saturated carbocycles. The van der Waals surface area contributed by atoms with Crippen molar-refractivity contribution in [3.8, 4) is 5.75 Å². The van der Waals surface area contributed by atoms with Gasteiger partial charge in [-0.05, 0) is 18.6 Å². The lowest BCUT2D eigenvalue weighted by Gasteiger charge is -2.06. The molecule has 1 aromatic rings. The van der Waals surface area contributed by atoms with E-state index in [4.69, 9.17) is 0 Å². The Balaban J connectivity index is 3.22. The minimum absolute atomic E-state index is 0.263. The van der Waals surface area contributed by atoms with E-state index in [1.165, 1.54) is 6.92 Å². The van der Waals surface area contributed by atoms with E-state index in [9.17, 15) is 23.3 Å². The molecule has 0 N–H and O–H groups in total. The van der Waals surface area contributed by atoms with E-state index < -0.39 is 28.8 Å². The van der Waals surface area contributed by atoms with Crippen molar-refractivity contribution < 1.29 is 22.8 Å². The molecule has 0 amide bonds. The first-order valence-electron chi connectivity index (χ1n) is 3.81. The standard InChI is InChI=1S/C8H6F3NO3/c1-4-2-5(12(13)14)7(9)6(3-4)15-8(10)11/h2-3,8H,1H3. The molecule has 0 aliphatic carbocycles. The van der Waals surface area contributed by atoms with Gasteiger partial charge in [0, 0.05) is 6.07 Å². The van der Waals surface area contributed by atoms with Crippen molar-refractivity contribution in [2.45, 2.75) is 13.5 Å². The SMILES string of the molecule is Cc1cc(OC(F)F)c(F)c([N+](=O)[O-])c1. The second-order valence-electron chi connectivity index (χ2n) is 2.73. The number of benzene rings is 1. The largest absolute Gasteiger partial charge is 0.431 e. The summed E-state index contributed by atoms with van der Waals surface area (Å²) in [6.07, 6.45) is 0. The highest BCUT2D eigenvalue weighted by atomic mass is 19.3. The average molecular weight is 221 g/mol. The first-order chi connectivity index (χ1) is 6.91. The fourth-order valence-electron chi connectivity index (χ4n) is 1.03. The fraction of sp³-hybridized carbons (Fsp3) is 0.250. The monoisotopic (exact) mass is 221 g/mol. The van der Waals surface area contributed by atoms with Gasteiger partial charge in [-0.25, -0.2) is 0 Å². The summed E-state index contributed by atoms with van der Waals surface area (Å²) in [4.78, 5) is 9.34. The number of hydrogen-bond donors (Lipinski definition) is 0. The molecule has 7 heteroatoms. The Morgan fingerprint density at radius 3 is 2.53 bits per heavy atom. The summed E-state index contributed by atoms with van der Waals surface area (Å²) in [5.74, 6) is -2.22. The lowest BCUT2D eigenvalue weighted by molar-refractivity contribution is -0.387. The van der Waals surface area contributed by atoms with Gasteiger partial charge < -0.3 is 4.74 Å². The zero-order valence-electron chi connectivity index (χ0n) is 7.54. The van der Waals surface area contributed by atoms with Crippen LogP contribution in [-0.4, -0.2) is 11.5 Å². The summed E-state index contributed by atoms with van der Waals surface area (Å²) in [7, 11) is 0. The second kappa shape index (κ2) is 4.16. The number of ether oxygens (including phenoxy) is 1. The highest BCUT2D eigenvalue weighted by molar-refractivity contribution is 5.44. The van der Waals surface area contributed by atoms with Crippen LogP contribution in [0.15, 0.2) is 12.1 Å². The van der Waals surface area contributed by atoms with Gasteiger partial charge in [-0.2, -0.15) is 13.2 Å². The van der Waals surface area contributed by atoms with Gasteiger partial charge in [0.2, 0.25) is 5.82 Å². The van der Waals surface area contributed by atoms with E-state index in [0.29, 0.717) is 0 Å². The zero-order valence-corrected chi connectivity index (χ0v) is 7.54. The van der Waals surface area contributed by atoms with E-state index in [0.717, 1.165) is 12.1 Å². The Bertz CT molecular complexity index is 395. The summed E-state index contributed by atoms with van der Waals surface area (Å²) in [5.41, 5.74) is -0.621. The van der Waals surface area contributed by atoms with E-state index in [1.54, 1.807) is 0 Å². The van der Waals surface area contributed by atoms with Crippen LogP contribution < -0.4 is 4.74 Å². The topological polar surface area (TPSA) is 52.4 Å². The third-order valence-electron chi connectivity index (χ3n) is 1.58. The maximum atomic E-state index is 13.2. The molecule has 0 aromatic heterocycles. The molecule has 82 valence electrons. The highest BCUT2D eigenvalue weighted by Gasteiger charge is 2.21. The van der Waals surface area contributed by atoms with Gasteiger partial charge in [0.05, 0.1) is 4.92 Å². The van der Waals surface area contributed by atoms with Crippen molar-refractivity contribution in [2.75, 3.05) is 0 Å². The zero-order chi connectivity index (χ0) is 11.6. The van der Waals surface area contributed by atoms with Crippen molar-refractivity contribution >= 4 is 5.69 Å². The maximum Gasteiger partial charge on any atom is 0.387 e. The Kier molecular flexibility index (Phi) is 3.13. The van der Waals surface area contributed by atoms with Crippen LogP contribution in [0, 0.1) is 22.9 Å². The average Bonchev–Trinajstić information content (AvgIpc) is 2.09. The molecule has 1 aromatic carbocycles. The van der Waals surface area contributed by atoms with E-state index in [-0.39, 0.29) is 5.56 Å². The molecule has 0 atom stereocenters. The van der Waals surface area contributed by atoms with Crippen molar-refractivity contribution in [3.63, 3.8) is 0 Å². The van der Waals surface area contributed by atoms with Crippen LogP contribution in [0.3, 0.4) is 0 Å². The predicted octanol–water partition coefficient (Wildman–Crippen LogP) is 2.64. The van der Waals surface area contributed by atoms with Crippen LogP contribution in [0.5, 0.6) is 5.75 Å². The lowest BCUT2D eigenvalue weighted by Crippen LogP contribution is -2.05. The first-order valence-corrected chi connectivity index (χ1v) is 3.81. The molecule has 0 bridgehead atoms. The molecule has 0 heterocycles. The van der Waals surface area contributed by atoms with Gasteiger partial charge in [-0.15, -0.1) is 0 Å². The maximum absolute atomic E-state index is 13.2. The second-order valence-corrected chi connectivity index (χ2v) is 2.73. The quantitative estimate of drug-likeness (QED) is 0.582. The third-order valence-corrected chi connectivity index (χ3v) is 1.58. The van der Waals surface area contributed by atoms with Gasteiger partial charge in [0.15, 0.2) is 5.75 Å². The Morgan fingerprint density at radius 2 is 2.07 bits per heavy atom. The van der Waals surface area contributed by atoms with Crippen LogP contribution in [0.1, 0.15) is 5.56 Å². The van der Waals surface area contributed by atoms with Crippen LogP contribution in [0.4, 0.5) is 18.9 Å². The number of nitro benzene ring substituents is 1. The normalized spacial score (nSPS) is 10.5. The van der Waals surface area contributed by atoms with Crippen molar-refractivity contribution in [1.29, 1.82) is 0 Å². The van der Waals surface area contributed by atoms with Gasteiger partial charge in [0.1, 0.15) is 0 Å². The van der Waals surface area contributed by atoms with Gasteiger partial charge in [-0.3, -0.25) is 10.1 Å². The molecule has 0 aliphatic rings. The molecule has 4 nitrogen and oxygen atoms in total. The third kappa shape index (κ3) is 2.58. The van der Waals surface area contributed by atoms with Crippen molar-refractivity contribution in [2.24, 2.45) is 0 Å². The molecule has 15 heavy (non-hydrogen) atoms. The summed E-state index contributed by atoms with van der Waals surface area (Å²) in [5, 5.41) is 10.3. The first kappa shape index (κ1) is 11.3. The number of rotatable bonds is 3. The van der Waals surface area contributed by atoms with Crippen LogP contribution in [0.25, 0.3) is 0 Å². The number of nitro groups is 1. The number of halogens is 3. The fourth-order valence-corrected chi connectivity index (χ4v) is 1.03. The summed E-state index contributed by atoms with van der Waals surface area (Å²) < 4.78 is 40.6. The highest BCUT2D eigenvalue weighted by Crippen LogP contribution is 2.29. The molecule has 0 radical (unpaired) electrons. The number of nitrogens with zero attached hydrogens (tertiary/aromatic N) is 1. The summed E-state index contributed by atoms with van der Waals surface area (Å²) in [6.45, 7) is -1.81. The molecular formula is C8H6F3NO3. The Hall–Kier alpha value is -1.79. The molecule has 0 saturated heterocycles. The predicted molar refractivity (Wildman–Crippen MR) is 44.4 cm³/mol. The smallest absolute Gasteiger partial charge is 0.387 e. The lowest BCUT2D eigenvalue weighted by atomic mass is 10.2. The van der Waals surface area contributed by atoms with Gasteiger partial charge >= 0.3 is 12.3 Å². The van der Waals surface area contributed by atoms with Crippen LogP contribution in [0.2, 0.25) is 0 Å². The van der Waals surface area contributed by atoms with E-state index in [2.05, 4.69) is 4.74 Å². The number of hydrogen-bond acceptors (Lipinski definition) is 3. The minimum atomic E-state index is -3.22. The Morgan fingerprint density at radius 1 is 1.47 bits per heavy atom. The number of aryl methyl sites for hydroxylation is 1. The summed E-state index contributed by atoms with van der Waals surface area (Å²) in [6, 6.07) is 1.90. The minimum Gasteiger partial charge on any atom is -0.431 e. The van der Waals surface area contributed by atoms with Crippen molar-refractivity contribution in [3.05, 3.63) is 33.6 Å². The Labute approximate surface area is 82.4 Å². The van der Waals surface area contributed by atoms with Gasteiger partial charge in [-0.1, -0.05) is 0 Å². The molecule has 0 unspecified atom stereocenters. The summed E-state index contributed by atoms with van der Waals surface area (Å²) >= 11 is 0. The molecule has 0 fully saturated rings. The molecular weight excluding hydrogens is 215 g/mol.